The van der Waals surface area contributed by atoms with Crippen LogP contribution >= 0.6 is 0 Å². The molecule has 0 unspecified atom stereocenters. The van der Waals surface area contributed by atoms with Crippen LogP contribution in [0.3, 0.4) is 0 Å². The Labute approximate surface area is 111 Å². The molecule has 2 N–H and O–H groups in total. The molecule has 7 nitrogen and oxygen atoms in total. The second-order valence-electron chi connectivity index (χ2n) is 5.15. The summed E-state index contributed by atoms with van der Waals surface area (Å²) in [4.78, 5) is 13.0. The van der Waals surface area contributed by atoms with Crippen LogP contribution in [0, 0.1) is 5.41 Å². The molecule has 1 saturated carbocycles. The van der Waals surface area contributed by atoms with E-state index < -0.39 is 0 Å². The zero-order valence-electron chi connectivity index (χ0n) is 11.1. The molecule has 3 rings (SSSR count). The molecule has 0 aromatic carbocycles. The maximum absolute atomic E-state index is 4.38. The summed E-state index contributed by atoms with van der Waals surface area (Å²) in [5.41, 5.74) is 0.401. The number of hydrogen-bond donors (Lipinski definition) is 2. The Morgan fingerprint density at radius 1 is 1.26 bits per heavy atom. The minimum Gasteiger partial charge on any atom is -0.357 e. The number of rotatable bonds is 5. The first-order valence-electron chi connectivity index (χ1n) is 6.36. The van der Waals surface area contributed by atoms with Crippen LogP contribution in [0.4, 0.5) is 11.9 Å². The molecular weight excluding hydrogens is 242 g/mol. The van der Waals surface area contributed by atoms with Gasteiger partial charge in [0.15, 0.2) is 0 Å². The van der Waals surface area contributed by atoms with E-state index in [9.17, 15) is 0 Å². The van der Waals surface area contributed by atoms with Crippen molar-refractivity contribution in [1.29, 1.82) is 0 Å². The van der Waals surface area contributed by atoms with Crippen LogP contribution in [-0.2, 0) is 0 Å². The Hall–Kier alpha value is -2.18. The van der Waals surface area contributed by atoms with Gasteiger partial charge in [0.2, 0.25) is 11.9 Å². The van der Waals surface area contributed by atoms with Gasteiger partial charge in [-0.2, -0.15) is 20.1 Å². The normalized spacial score (nSPS) is 16.1. The summed E-state index contributed by atoms with van der Waals surface area (Å²) in [5.74, 6) is 1.62. The van der Waals surface area contributed by atoms with Gasteiger partial charge in [-0.25, -0.2) is 4.68 Å². The minimum absolute atomic E-state index is 0.401. The Kier molecular flexibility index (Phi) is 2.81. The molecule has 1 fully saturated rings. The molecule has 100 valence electrons. The lowest BCUT2D eigenvalue weighted by atomic mass is 10.1. The van der Waals surface area contributed by atoms with E-state index in [4.69, 9.17) is 0 Å². The molecule has 0 saturated heterocycles. The van der Waals surface area contributed by atoms with E-state index in [2.05, 4.69) is 37.6 Å². The Bertz CT molecular complexity index is 559. The van der Waals surface area contributed by atoms with Crippen LogP contribution in [0.5, 0.6) is 0 Å². The van der Waals surface area contributed by atoms with Crippen molar-refractivity contribution in [3.05, 3.63) is 18.5 Å². The van der Waals surface area contributed by atoms with Crippen LogP contribution < -0.4 is 10.6 Å². The molecule has 0 atom stereocenters. The summed E-state index contributed by atoms with van der Waals surface area (Å²) in [6.45, 7) is 3.15. The summed E-state index contributed by atoms with van der Waals surface area (Å²) in [7, 11) is 1.79. The number of aromatic nitrogens is 5. The largest absolute Gasteiger partial charge is 0.357 e. The Morgan fingerprint density at radius 2 is 2.05 bits per heavy atom. The van der Waals surface area contributed by atoms with Crippen LogP contribution in [0.25, 0.3) is 5.95 Å². The second-order valence-corrected chi connectivity index (χ2v) is 5.15. The molecular formula is C12H17N7. The Balaban J connectivity index is 1.84. The summed E-state index contributed by atoms with van der Waals surface area (Å²) >= 11 is 0. The van der Waals surface area contributed by atoms with Crippen LogP contribution in [0.1, 0.15) is 19.8 Å². The van der Waals surface area contributed by atoms with Crippen molar-refractivity contribution >= 4 is 11.9 Å². The number of hydrogen-bond acceptors (Lipinski definition) is 6. The fraction of sp³-hybridized carbons (Fsp3) is 0.500. The highest BCUT2D eigenvalue weighted by Crippen LogP contribution is 2.44. The topological polar surface area (TPSA) is 80.5 Å². The van der Waals surface area contributed by atoms with Gasteiger partial charge in [0.05, 0.1) is 0 Å². The lowest BCUT2D eigenvalue weighted by molar-refractivity contribution is 0.607. The Morgan fingerprint density at radius 3 is 2.68 bits per heavy atom. The zero-order valence-corrected chi connectivity index (χ0v) is 11.1. The van der Waals surface area contributed by atoms with E-state index in [0.717, 1.165) is 6.54 Å². The first kappa shape index (κ1) is 11.9. The molecule has 0 radical (unpaired) electrons. The monoisotopic (exact) mass is 259 g/mol. The molecule has 7 heteroatoms. The standard InChI is InChI=1S/C12H17N7/c1-12(4-5-12)8-14-10-16-9(13-2)17-11(18-10)19-7-3-6-15-19/h3,6-7H,4-5,8H2,1-2H3,(H2,13,14,16,17,18). The van der Waals surface area contributed by atoms with Crippen molar-refractivity contribution in [2.24, 2.45) is 5.41 Å². The third-order valence-corrected chi connectivity index (χ3v) is 3.33. The molecule has 0 bridgehead atoms. The summed E-state index contributed by atoms with van der Waals surface area (Å²) in [6, 6.07) is 1.83. The van der Waals surface area contributed by atoms with E-state index in [0.29, 0.717) is 23.3 Å². The van der Waals surface area contributed by atoms with Gasteiger partial charge in [-0.15, -0.1) is 0 Å². The minimum atomic E-state index is 0.401. The molecule has 2 aromatic heterocycles. The first-order valence-corrected chi connectivity index (χ1v) is 6.36. The molecule has 2 aromatic rings. The lowest BCUT2D eigenvalue weighted by Gasteiger charge is -2.11. The first-order chi connectivity index (χ1) is 9.18. The fourth-order valence-corrected chi connectivity index (χ4v) is 1.73. The van der Waals surface area contributed by atoms with Gasteiger partial charge in [0.25, 0.3) is 5.95 Å². The van der Waals surface area contributed by atoms with Gasteiger partial charge in [0.1, 0.15) is 0 Å². The predicted octanol–water partition coefficient (Wildman–Crippen LogP) is 1.31. The van der Waals surface area contributed by atoms with Crippen molar-refractivity contribution in [2.45, 2.75) is 19.8 Å². The molecule has 19 heavy (non-hydrogen) atoms. The van der Waals surface area contributed by atoms with Crippen molar-refractivity contribution < 1.29 is 0 Å². The van der Waals surface area contributed by atoms with E-state index in [-0.39, 0.29) is 0 Å². The lowest BCUT2D eigenvalue weighted by Crippen LogP contribution is -2.16. The second kappa shape index (κ2) is 4.49. The van der Waals surface area contributed by atoms with Gasteiger partial charge in [-0.1, -0.05) is 6.92 Å². The van der Waals surface area contributed by atoms with Crippen molar-refractivity contribution in [2.75, 3.05) is 24.2 Å². The van der Waals surface area contributed by atoms with Crippen LogP contribution in [-0.4, -0.2) is 38.3 Å². The van der Waals surface area contributed by atoms with Crippen molar-refractivity contribution in [3.63, 3.8) is 0 Å². The van der Waals surface area contributed by atoms with E-state index in [1.165, 1.54) is 12.8 Å². The zero-order chi connectivity index (χ0) is 13.3. The predicted molar refractivity (Wildman–Crippen MR) is 72.3 cm³/mol. The molecule has 1 aliphatic rings. The quantitative estimate of drug-likeness (QED) is 0.842. The molecule has 0 spiro atoms. The van der Waals surface area contributed by atoms with Gasteiger partial charge in [0, 0.05) is 26.0 Å². The fourth-order valence-electron chi connectivity index (χ4n) is 1.73. The van der Waals surface area contributed by atoms with Crippen LogP contribution in [0.2, 0.25) is 0 Å². The summed E-state index contributed by atoms with van der Waals surface area (Å²) in [5, 5.41) is 10.4. The average Bonchev–Trinajstić information content (AvgIpc) is 2.95. The van der Waals surface area contributed by atoms with Crippen molar-refractivity contribution in [3.8, 4) is 5.95 Å². The number of anilines is 2. The summed E-state index contributed by atoms with van der Waals surface area (Å²) in [6.07, 6.45) is 6.02. The number of nitrogens with one attached hydrogen (secondary N) is 2. The van der Waals surface area contributed by atoms with E-state index >= 15 is 0 Å². The van der Waals surface area contributed by atoms with Gasteiger partial charge >= 0.3 is 0 Å². The van der Waals surface area contributed by atoms with Crippen molar-refractivity contribution in [1.82, 2.24) is 24.7 Å². The maximum atomic E-state index is 4.38. The SMILES string of the molecule is CNc1nc(NCC2(C)CC2)nc(-n2cccn2)n1. The average molecular weight is 259 g/mol. The molecule has 0 amide bonds. The maximum Gasteiger partial charge on any atom is 0.257 e. The highest BCUT2D eigenvalue weighted by atomic mass is 15.4. The third kappa shape index (κ3) is 2.64. The third-order valence-electron chi connectivity index (χ3n) is 3.33. The number of nitrogens with zero attached hydrogens (tertiary/aromatic N) is 5. The highest BCUT2D eigenvalue weighted by Gasteiger charge is 2.37. The molecule has 0 aliphatic heterocycles. The molecule has 1 aliphatic carbocycles. The highest BCUT2D eigenvalue weighted by molar-refractivity contribution is 5.37. The van der Waals surface area contributed by atoms with Gasteiger partial charge < -0.3 is 10.6 Å². The van der Waals surface area contributed by atoms with Gasteiger partial charge in [-0.3, -0.25) is 0 Å². The summed E-state index contributed by atoms with van der Waals surface area (Å²) < 4.78 is 1.62. The van der Waals surface area contributed by atoms with Gasteiger partial charge in [-0.05, 0) is 24.3 Å². The van der Waals surface area contributed by atoms with Crippen LogP contribution in [0.15, 0.2) is 18.5 Å². The van der Waals surface area contributed by atoms with E-state index in [1.807, 2.05) is 6.07 Å². The smallest absolute Gasteiger partial charge is 0.257 e. The van der Waals surface area contributed by atoms with E-state index in [1.54, 1.807) is 24.1 Å². The molecule has 2 heterocycles.